The fourth-order valence-corrected chi connectivity index (χ4v) is 2.73. The standard InChI is InChI=1S/C20H33NO/c1-10-11-17(21(8)9)14-12-15(19(2,3)4)18(22)16(13-14)20(5,6)7/h10-13,17,22H,1-9H3. The molecule has 0 radical (unpaired) electrons. The molecular formula is C20H33NO. The molecule has 1 rings (SSSR count). The molecule has 1 N–H and O–H groups in total. The van der Waals surface area contributed by atoms with E-state index in [4.69, 9.17) is 0 Å². The summed E-state index contributed by atoms with van der Waals surface area (Å²) in [5.41, 5.74) is 3.09. The quantitative estimate of drug-likeness (QED) is 0.779. The van der Waals surface area contributed by atoms with Gasteiger partial charge in [0.1, 0.15) is 5.75 Å². The number of nitrogens with zero attached hydrogens (tertiary/aromatic N) is 1. The number of rotatable bonds is 3. The van der Waals surface area contributed by atoms with Crippen molar-refractivity contribution in [1.29, 1.82) is 0 Å². The maximum Gasteiger partial charge on any atom is 0.123 e. The van der Waals surface area contributed by atoms with Gasteiger partial charge in [-0.3, -0.25) is 4.90 Å². The fourth-order valence-electron chi connectivity index (χ4n) is 2.73. The van der Waals surface area contributed by atoms with Crippen LogP contribution in [0.3, 0.4) is 0 Å². The van der Waals surface area contributed by atoms with Crippen LogP contribution in [0, 0.1) is 0 Å². The molecule has 2 heteroatoms. The Bertz CT molecular complexity index is 507. The van der Waals surface area contributed by atoms with Crippen LogP contribution in [0.4, 0.5) is 0 Å². The Morgan fingerprint density at radius 2 is 1.36 bits per heavy atom. The molecule has 1 unspecified atom stereocenters. The van der Waals surface area contributed by atoms with Gasteiger partial charge in [0.2, 0.25) is 0 Å². The zero-order valence-corrected chi connectivity index (χ0v) is 15.8. The average molecular weight is 303 g/mol. The van der Waals surface area contributed by atoms with Crippen LogP contribution < -0.4 is 0 Å². The molecule has 0 aliphatic heterocycles. The minimum Gasteiger partial charge on any atom is -0.507 e. The van der Waals surface area contributed by atoms with E-state index in [1.165, 1.54) is 5.56 Å². The second-order valence-corrected chi connectivity index (χ2v) is 8.40. The van der Waals surface area contributed by atoms with E-state index in [9.17, 15) is 5.11 Å². The first-order chi connectivity index (χ1) is 9.89. The van der Waals surface area contributed by atoms with Crippen molar-refractivity contribution in [2.45, 2.75) is 65.3 Å². The predicted molar refractivity (Wildman–Crippen MR) is 96.7 cm³/mol. The molecule has 1 aromatic rings. The molecule has 1 aromatic carbocycles. The molecule has 0 bridgehead atoms. The van der Waals surface area contributed by atoms with Crippen molar-refractivity contribution in [3.8, 4) is 5.75 Å². The van der Waals surface area contributed by atoms with Gasteiger partial charge in [0.25, 0.3) is 0 Å². The normalized spacial score (nSPS) is 14.8. The van der Waals surface area contributed by atoms with Crippen LogP contribution in [0.25, 0.3) is 0 Å². The van der Waals surface area contributed by atoms with Crippen LogP contribution in [0.5, 0.6) is 5.75 Å². The van der Waals surface area contributed by atoms with Crippen LogP contribution in [0.15, 0.2) is 24.3 Å². The smallest absolute Gasteiger partial charge is 0.123 e. The first kappa shape index (κ1) is 18.8. The summed E-state index contributed by atoms with van der Waals surface area (Å²) in [6, 6.07) is 4.54. The predicted octanol–water partition coefficient (Wildman–Crippen LogP) is 5.17. The van der Waals surface area contributed by atoms with Crippen molar-refractivity contribution in [2.75, 3.05) is 14.1 Å². The lowest BCUT2D eigenvalue weighted by atomic mass is 9.77. The molecule has 124 valence electrons. The number of hydrogen-bond donors (Lipinski definition) is 1. The Hall–Kier alpha value is -1.28. The summed E-state index contributed by atoms with van der Waals surface area (Å²) in [6.45, 7) is 15.0. The van der Waals surface area contributed by atoms with Gasteiger partial charge in [0.15, 0.2) is 0 Å². The second kappa shape index (κ2) is 6.45. The summed E-state index contributed by atoms with van der Waals surface area (Å²) in [7, 11) is 4.18. The summed E-state index contributed by atoms with van der Waals surface area (Å²) >= 11 is 0. The molecule has 0 fully saturated rings. The SMILES string of the molecule is CC=CC(c1cc(C(C)(C)C)c(O)c(C(C)(C)C)c1)N(C)C. The van der Waals surface area contributed by atoms with Crippen molar-refractivity contribution < 1.29 is 5.11 Å². The Balaban J connectivity index is 3.67. The van der Waals surface area contributed by atoms with E-state index < -0.39 is 0 Å². The van der Waals surface area contributed by atoms with Gasteiger partial charge >= 0.3 is 0 Å². The third-order valence-electron chi connectivity index (χ3n) is 4.02. The topological polar surface area (TPSA) is 23.5 Å². The summed E-state index contributed by atoms with van der Waals surface area (Å²) < 4.78 is 0. The fraction of sp³-hybridized carbons (Fsp3) is 0.600. The van der Waals surface area contributed by atoms with Gasteiger partial charge in [-0.25, -0.2) is 0 Å². The minimum absolute atomic E-state index is 0.0904. The van der Waals surface area contributed by atoms with Gasteiger partial charge in [0, 0.05) is 0 Å². The number of hydrogen-bond acceptors (Lipinski definition) is 2. The van der Waals surface area contributed by atoms with Crippen LogP contribution in [0.1, 0.15) is 71.2 Å². The minimum atomic E-state index is -0.0904. The summed E-state index contributed by atoms with van der Waals surface area (Å²) in [5, 5.41) is 10.8. The van der Waals surface area contributed by atoms with Crippen molar-refractivity contribution in [3.63, 3.8) is 0 Å². The molecule has 0 saturated carbocycles. The highest BCUT2D eigenvalue weighted by molar-refractivity contribution is 5.51. The van der Waals surface area contributed by atoms with E-state index in [0.717, 1.165) is 11.1 Å². The van der Waals surface area contributed by atoms with Gasteiger partial charge in [-0.1, -0.05) is 53.7 Å². The van der Waals surface area contributed by atoms with Crippen LogP contribution >= 0.6 is 0 Å². The Morgan fingerprint density at radius 1 is 0.955 bits per heavy atom. The lowest BCUT2D eigenvalue weighted by Crippen LogP contribution is -2.22. The van der Waals surface area contributed by atoms with Crippen LogP contribution in [-0.2, 0) is 10.8 Å². The van der Waals surface area contributed by atoms with Gasteiger partial charge in [-0.2, -0.15) is 0 Å². The number of benzene rings is 1. The number of phenolic OH excluding ortho intramolecular Hbond substituents is 1. The van der Waals surface area contributed by atoms with Crippen molar-refractivity contribution >= 4 is 0 Å². The Kier molecular flexibility index (Phi) is 5.51. The lowest BCUT2D eigenvalue weighted by Gasteiger charge is -2.31. The molecule has 1 atom stereocenters. The van der Waals surface area contributed by atoms with Crippen molar-refractivity contribution in [2.24, 2.45) is 0 Å². The zero-order chi connectivity index (χ0) is 17.3. The molecular weight excluding hydrogens is 270 g/mol. The van der Waals surface area contributed by atoms with Crippen molar-refractivity contribution in [1.82, 2.24) is 4.90 Å². The van der Waals surface area contributed by atoms with Crippen molar-refractivity contribution in [3.05, 3.63) is 41.0 Å². The van der Waals surface area contributed by atoms with E-state index in [-0.39, 0.29) is 16.9 Å². The second-order valence-electron chi connectivity index (χ2n) is 8.40. The number of allylic oxidation sites excluding steroid dienone is 1. The molecule has 0 aromatic heterocycles. The van der Waals surface area contributed by atoms with Gasteiger partial charge in [-0.05, 0) is 60.7 Å². The van der Waals surface area contributed by atoms with E-state index >= 15 is 0 Å². The molecule has 0 saturated heterocycles. The molecule has 22 heavy (non-hydrogen) atoms. The molecule has 0 aliphatic carbocycles. The van der Waals surface area contributed by atoms with E-state index in [0.29, 0.717) is 5.75 Å². The average Bonchev–Trinajstić information content (AvgIpc) is 2.33. The summed E-state index contributed by atoms with van der Waals surface area (Å²) in [5.74, 6) is 0.446. The highest BCUT2D eigenvalue weighted by atomic mass is 16.3. The third kappa shape index (κ3) is 4.13. The van der Waals surface area contributed by atoms with Crippen LogP contribution in [-0.4, -0.2) is 24.1 Å². The molecule has 0 spiro atoms. The monoisotopic (exact) mass is 303 g/mol. The molecule has 0 aliphatic rings. The summed E-state index contributed by atoms with van der Waals surface area (Å²) in [4.78, 5) is 2.20. The van der Waals surface area contributed by atoms with Crippen LogP contribution in [0.2, 0.25) is 0 Å². The first-order valence-electron chi connectivity index (χ1n) is 8.06. The van der Waals surface area contributed by atoms with E-state index in [1.807, 2.05) is 6.92 Å². The highest BCUT2D eigenvalue weighted by Gasteiger charge is 2.28. The zero-order valence-electron chi connectivity index (χ0n) is 15.8. The van der Waals surface area contributed by atoms with E-state index in [1.54, 1.807) is 0 Å². The molecule has 0 heterocycles. The molecule has 0 amide bonds. The number of aromatic hydroxyl groups is 1. The Labute approximate surface area is 136 Å². The van der Waals surface area contributed by atoms with Gasteiger partial charge in [-0.15, -0.1) is 0 Å². The molecule has 2 nitrogen and oxygen atoms in total. The Morgan fingerprint density at radius 3 is 1.64 bits per heavy atom. The third-order valence-corrected chi connectivity index (χ3v) is 4.02. The lowest BCUT2D eigenvalue weighted by molar-refractivity contribution is 0.348. The van der Waals surface area contributed by atoms with Gasteiger partial charge in [0.05, 0.1) is 6.04 Å². The summed E-state index contributed by atoms with van der Waals surface area (Å²) in [6.07, 6.45) is 4.29. The van der Waals surface area contributed by atoms with Gasteiger partial charge < -0.3 is 5.11 Å². The maximum atomic E-state index is 10.8. The number of likely N-dealkylation sites (N-methyl/N-ethyl adjacent to an activating group) is 1. The first-order valence-corrected chi connectivity index (χ1v) is 8.06. The largest absolute Gasteiger partial charge is 0.507 e. The number of phenols is 1. The maximum absolute atomic E-state index is 10.8. The highest BCUT2D eigenvalue weighted by Crippen LogP contribution is 2.41. The van der Waals surface area contributed by atoms with E-state index in [2.05, 4.69) is 84.8 Å².